The Hall–Kier alpha value is -6.44. The summed E-state index contributed by atoms with van der Waals surface area (Å²) in [6.45, 7) is 0. The minimum atomic E-state index is -0.753. The SMILES string of the molecule is [2H]c1c([2H])c([2H])c(Cc2c3c([2H])c([2H])c([2H])c([2H])c3c(Cc3c([2H])c([2H])c(-c4cccc5c4oc4c(-c6ccccc6)cccc45)c4c([2H])c([2H])c([2H])c([2H])c34)c3c([2H])c([2H])c([2H])c([2H])c23)c([2H])c1[2H]. The van der Waals surface area contributed by atoms with E-state index in [1.165, 1.54) is 0 Å². The first kappa shape index (κ1) is 16.1. The molecule has 0 saturated heterocycles. The van der Waals surface area contributed by atoms with Crippen molar-refractivity contribution in [3.8, 4) is 22.3 Å². The Bertz CT molecular complexity index is 3880. The van der Waals surface area contributed by atoms with Gasteiger partial charge in [0.05, 0.1) is 26.0 Å². The molecule has 0 radical (unpaired) electrons. The third-order valence-corrected chi connectivity index (χ3v) is 9.30. The Morgan fingerprint density at radius 2 is 0.902 bits per heavy atom. The molecular formula is C50H34O. The number of rotatable bonds is 6. The van der Waals surface area contributed by atoms with Crippen molar-refractivity contribution in [1.29, 1.82) is 0 Å². The summed E-state index contributed by atoms with van der Waals surface area (Å²) in [4.78, 5) is 0. The van der Waals surface area contributed by atoms with E-state index in [9.17, 15) is 11.0 Å². The van der Waals surface area contributed by atoms with Crippen LogP contribution >= 0.6 is 0 Å². The Morgan fingerprint density at radius 1 is 0.373 bits per heavy atom. The van der Waals surface area contributed by atoms with E-state index in [4.69, 9.17) is 19.5 Å². The number of hydrogen-bond acceptors (Lipinski definition) is 1. The second-order valence-corrected chi connectivity index (χ2v) is 12.1. The molecule has 0 atom stereocenters. The van der Waals surface area contributed by atoms with Crippen molar-refractivity contribution in [3.05, 3.63) is 204 Å². The summed E-state index contributed by atoms with van der Waals surface area (Å²) in [6, 6.07) is 7.61. The summed E-state index contributed by atoms with van der Waals surface area (Å²) >= 11 is 0. The molecule has 1 aromatic heterocycles. The first-order valence-electron chi connectivity index (χ1n) is 25.7. The van der Waals surface area contributed by atoms with Crippen molar-refractivity contribution < 1.29 is 30.5 Å². The lowest BCUT2D eigenvalue weighted by atomic mass is 9.85. The van der Waals surface area contributed by atoms with Gasteiger partial charge in [0.2, 0.25) is 0 Å². The number of hydrogen-bond donors (Lipinski definition) is 0. The first-order valence-corrected chi connectivity index (χ1v) is 16.2. The number of benzene rings is 9. The third kappa shape index (κ3) is 4.93. The molecule has 1 heteroatoms. The molecule has 1 nitrogen and oxygen atoms in total. The van der Waals surface area contributed by atoms with Gasteiger partial charge >= 0.3 is 0 Å². The Labute approximate surface area is 323 Å². The van der Waals surface area contributed by atoms with Gasteiger partial charge in [-0.05, 0) is 78.5 Å². The van der Waals surface area contributed by atoms with Crippen molar-refractivity contribution in [1.82, 2.24) is 0 Å². The van der Waals surface area contributed by atoms with Crippen LogP contribution in [-0.4, -0.2) is 0 Å². The zero-order valence-corrected chi connectivity index (χ0v) is 26.7. The normalized spacial score (nSPS) is 16.9. The highest BCUT2D eigenvalue weighted by molar-refractivity contribution is 6.15. The largest absolute Gasteiger partial charge is 0.455 e. The summed E-state index contributed by atoms with van der Waals surface area (Å²) in [7, 11) is 0. The van der Waals surface area contributed by atoms with Gasteiger partial charge in [0.1, 0.15) is 11.2 Å². The van der Waals surface area contributed by atoms with Crippen LogP contribution < -0.4 is 0 Å². The van der Waals surface area contributed by atoms with Gasteiger partial charge in [-0.3, -0.25) is 0 Å². The van der Waals surface area contributed by atoms with Gasteiger partial charge in [-0.2, -0.15) is 0 Å². The van der Waals surface area contributed by atoms with Crippen LogP contribution in [0.25, 0.3) is 76.5 Å². The van der Waals surface area contributed by atoms with E-state index in [1.54, 1.807) is 12.1 Å². The van der Waals surface area contributed by atoms with Gasteiger partial charge in [0, 0.05) is 21.9 Å². The van der Waals surface area contributed by atoms with Gasteiger partial charge in [-0.25, -0.2) is 0 Å². The molecule has 51 heavy (non-hydrogen) atoms. The first-order chi connectivity index (χ1) is 33.2. The van der Waals surface area contributed by atoms with Crippen molar-refractivity contribution >= 4 is 54.3 Å². The fraction of sp³-hybridized carbons (Fsp3) is 0.0400. The highest BCUT2D eigenvalue weighted by Crippen LogP contribution is 2.43. The standard InChI is InChI=1S/C50H34O/c1-3-15-33(16-4-1)31-47-39-21-9-11-23-41(39)48(42-24-12-10-22-40(42)47)32-35-29-30-43(38-20-8-7-19-36(35)38)44-26-14-28-46-45-27-13-25-37(49(45)51-50(44)46)34-17-5-2-6-18-34/h1-30H,31-32H2/i1D,3D,4D,7D,8D,9D,10D,11D,12D,15D,16D,19D,20D,21D,22D,23D,24D,29D,30D. The molecule has 0 N–H and O–H groups in total. The molecule has 0 amide bonds. The second-order valence-electron chi connectivity index (χ2n) is 12.1. The van der Waals surface area contributed by atoms with Crippen LogP contribution in [0, 0.1) is 0 Å². The maximum absolute atomic E-state index is 9.76. The molecule has 10 aromatic rings. The fourth-order valence-electron chi connectivity index (χ4n) is 7.04. The molecule has 0 fully saturated rings. The Kier molecular flexibility index (Phi) is 3.83. The van der Waals surface area contributed by atoms with Crippen molar-refractivity contribution in [2.45, 2.75) is 12.8 Å². The van der Waals surface area contributed by atoms with Crippen LogP contribution in [0.15, 0.2) is 186 Å². The third-order valence-electron chi connectivity index (χ3n) is 9.30. The molecule has 0 unspecified atom stereocenters. The van der Waals surface area contributed by atoms with Crippen LogP contribution in [0.2, 0.25) is 0 Å². The summed E-state index contributed by atoms with van der Waals surface area (Å²) in [5.41, 5.74) is 1.66. The predicted octanol–water partition coefficient (Wildman–Crippen LogP) is 13.6. The van der Waals surface area contributed by atoms with Crippen molar-refractivity contribution in [3.63, 3.8) is 0 Å². The summed E-state index contributed by atoms with van der Waals surface area (Å²) in [5, 5.41) is -0.290. The molecule has 0 spiro atoms. The van der Waals surface area contributed by atoms with Crippen LogP contribution in [0.1, 0.15) is 48.3 Å². The predicted molar refractivity (Wildman–Crippen MR) is 216 cm³/mol. The minimum Gasteiger partial charge on any atom is -0.455 e. The average molecular weight is 670 g/mol. The molecule has 240 valence electrons. The van der Waals surface area contributed by atoms with Crippen LogP contribution in [0.4, 0.5) is 0 Å². The quantitative estimate of drug-likeness (QED) is 0.161. The minimum absolute atomic E-state index is 0.0609. The number of para-hydroxylation sites is 2. The van der Waals surface area contributed by atoms with Gasteiger partial charge < -0.3 is 4.42 Å². The van der Waals surface area contributed by atoms with E-state index in [0.717, 1.165) is 16.5 Å². The molecule has 0 saturated carbocycles. The van der Waals surface area contributed by atoms with E-state index in [0.29, 0.717) is 11.0 Å². The highest BCUT2D eigenvalue weighted by atomic mass is 16.3. The molecule has 0 aliphatic rings. The molecule has 9 aromatic carbocycles. The number of furan rings is 1. The fourth-order valence-corrected chi connectivity index (χ4v) is 7.04. The second kappa shape index (κ2) is 12.2. The summed E-state index contributed by atoms with van der Waals surface area (Å²) < 4.78 is 178. The average Bonchev–Trinajstić information content (AvgIpc) is 3.75. The van der Waals surface area contributed by atoms with E-state index < -0.39 is 128 Å². The van der Waals surface area contributed by atoms with Gasteiger partial charge in [0.15, 0.2) is 0 Å². The van der Waals surface area contributed by atoms with Gasteiger partial charge in [-0.1, -0.05) is 182 Å². The maximum atomic E-state index is 9.76. The zero-order chi connectivity index (χ0) is 50.3. The zero-order valence-electron chi connectivity index (χ0n) is 45.7. The van der Waals surface area contributed by atoms with Crippen molar-refractivity contribution in [2.24, 2.45) is 0 Å². The molecule has 1 heterocycles. The smallest absolute Gasteiger partial charge is 0.143 e. The van der Waals surface area contributed by atoms with Crippen LogP contribution in [-0.2, 0) is 12.8 Å². The summed E-state index contributed by atoms with van der Waals surface area (Å²) in [5.74, 6) is 0. The van der Waals surface area contributed by atoms with Crippen molar-refractivity contribution in [2.75, 3.05) is 0 Å². The lowest BCUT2D eigenvalue weighted by molar-refractivity contribution is 0.671. The van der Waals surface area contributed by atoms with Crippen LogP contribution in [0.3, 0.4) is 0 Å². The van der Waals surface area contributed by atoms with E-state index in [1.807, 2.05) is 54.6 Å². The van der Waals surface area contributed by atoms with E-state index >= 15 is 0 Å². The van der Waals surface area contributed by atoms with Gasteiger partial charge in [0.25, 0.3) is 0 Å². The van der Waals surface area contributed by atoms with Gasteiger partial charge in [-0.15, -0.1) is 0 Å². The lowest BCUT2D eigenvalue weighted by Crippen LogP contribution is -1.99. The Morgan fingerprint density at radius 3 is 1.55 bits per heavy atom. The topological polar surface area (TPSA) is 13.1 Å². The Balaban J connectivity index is 1.34. The highest BCUT2D eigenvalue weighted by Gasteiger charge is 2.19. The number of fused-ring (bicyclic) bond motifs is 6. The maximum Gasteiger partial charge on any atom is 0.143 e. The monoisotopic (exact) mass is 669 g/mol. The van der Waals surface area contributed by atoms with E-state index in [-0.39, 0.29) is 71.3 Å². The summed E-state index contributed by atoms with van der Waals surface area (Å²) in [6.07, 6.45) is -1.33. The molecule has 10 rings (SSSR count). The molecule has 0 aliphatic heterocycles. The van der Waals surface area contributed by atoms with Crippen LogP contribution in [0.5, 0.6) is 0 Å². The molecule has 0 aliphatic carbocycles. The molecule has 0 bridgehead atoms. The molecular weight excluding hydrogens is 617 g/mol. The van der Waals surface area contributed by atoms with E-state index in [2.05, 4.69) is 0 Å². The lowest BCUT2D eigenvalue weighted by Gasteiger charge is -2.18.